The van der Waals surface area contributed by atoms with Gasteiger partial charge in [-0.25, -0.2) is 4.98 Å². The maximum absolute atomic E-state index is 12.2. The first-order valence-electron chi connectivity index (χ1n) is 7.89. The van der Waals surface area contributed by atoms with Crippen LogP contribution in [0.15, 0.2) is 28.7 Å². The van der Waals surface area contributed by atoms with E-state index in [-0.39, 0.29) is 12.3 Å². The van der Waals surface area contributed by atoms with Crippen molar-refractivity contribution in [2.75, 3.05) is 20.7 Å². The van der Waals surface area contributed by atoms with Gasteiger partial charge in [-0.3, -0.25) is 4.79 Å². The van der Waals surface area contributed by atoms with Crippen LogP contribution in [-0.4, -0.2) is 36.5 Å². The lowest BCUT2D eigenvalue weighted by molar-refractivity contribution is -0.129. The van der Waals surface area contributed by atoms with Gasteiger partial charge in [-0.2, -0.15) is 0 Å². The number of aromatic nitrogens is 1. The van der Waals surface area contributed by atoms with Crippen LogP contribution >= 0.6 is 0 Å². The normalized spacial score (nSPS) is 10.6. The minimum Gasteiger partial charge on any atom is -0.497 e. The highest BCUT2D eigenvalue weighted by Crippen LogP contribution is 2.25. The minimum atomic E-state index is 0.0621. The molecule has 1 aromatic heterocycles. The fourth-order valence-corrected chi connectivity index (χ4v) is 2.27. The molecule has 1 aromatic carbocycles. The van der Waals surface area contributed by atoms with E-state index in [2.05, 4.69) is 11.9 Å². The Kier molecular flexibility index (Phi) is 5.79. The molecule has 2 rings (SSSR count). The van der Waals surface area contributed by atoms with Crippen molar-refractivity contribution in [2.24, 2.45) is 0 Å². The summed E-state index contributed by atoms with van der Waals surface area (Å²) in [6.45, 7) is 4.72. The van der Waals surface area contributed by atoms with Gasteiger partial charge >= 0.3 is 0 Å². The predicted molar refractivity (Wildman–Crippen MR) is 89.5 cm³/mol. The number of oxazole rings is 1. The number of aryl methyl sites for hydroxylation is 1. The van der Waals surface area contributed by atoms with E-state index in [4.69, 9.17) is 9.15 Å². The first-order chi connectivity index (χ1) is 11.0. The first-order valence-corrected chi connectivity index (χ1v) is 7.89. The minimum absolute atomic E-state index is 0.0621. The fourth-order valence-electron chi connectivity index (χ4n) is 2.27. The molecule has 0 spiro atoms. The average molecular weight is 316 g/mol. The number of unbranched alkanes of at least 4 members (excludes halogenated alkanes) is 1. The van der Waals surface area contributed by atoms with Crippen molar-refractivity contribution in [1.29, 1.82) is 0 Å². The molecule has 0 radical (unpaired) electrons. The van der Waals surface area contributed by atoms with E-state index in [9.17, 15) is 4.79 Å². The number of methoxy groups -OCH3 is 1. The molecule has 1 heterocycles. The third-order valence-electron chi connectivity index (χ3n) is 3.80. The van der Waals surface area contributed by atoms with E-state index < -0.39 is 0 Å². The van der Waals surface area contributed by atoms with E-state index in [1.165, 1.54) is 0 Å². The highest BCUT2D eigenvalue weighted by atomic mass is 16.5. The van der Waals surface area contributed by atoms with E-state index in [1.54, 1.807) is 12.0 Å². The second-order valence-corrected chi connectivity index (χ2v) is 5.60. The molecule has 1 amide bonds. The van der Waals surface area contributed by atoms with Crippen LogP contribution in [0.4, 0.5) is 0 Å². The summed E-state index contributed by atoms with van der Waals surface area (Å²) in [7, 11) is 3.45. The molecule has 0 fully saturated rings. The summed E-state index contributed by atoms with van der Waals surface area (Å²) in [6, 6.07) is 7.53. The zero-order chi connectivity index (χ0) is 16.8. The quantitative estimate of drug-likeness (QED) is 0.785. The van der Waals surface area contributed by atoms with Crippen molar-refractivity contribution < 1.29 is 13.9 Å². The summed E-state index contributed by atoms with van der Waals surface area (Å²) in [6.07, 6.45) is 2.34. The van der Waals surface area contributed by atoms with Gasteiger partial charge in [0.05, 0.1) is 19.2 Å². The van der Waals surface area contributed by atoms with Gasteiger partial charge in [0.15, 0.2) is 0 Å². The molecule has 0 bridgehead atoms. The molecule has 0 N–H and O–H groups in total. The molecule has 124 valence electrons. The fraction of sp³-hybridized carbons (Fsp3) is 0.444. The summed E-state index contributed by atoms with van der Waals surface area (Å²) in [5.74, 6) is 2.00. The molecule has 2 aromatic rings. The molecule has 5 nitrogen and oxygen atoms in total. The van der Waals surface area contributed by atoms with Crippen molar-refractivity contribution in [3.05, 3.63) is 35.7 Å². The van der Waals surface area contributed by atoms with Crippen molar-refractivity contribution in [1.82, 2.24) is 9.88 Å². The molecule has 5 heteroatoms. The van der Waals surface area contributed by atoms with Crippen LogP contribution in [0.3, 0.4) is 0 Å². The molecule has 0 atom stereocenters. The molecule has 0 aliphatic heterocycles. The second-order valence-electron chi connectivity index (χ2n) is 5.60. The number of carbonyl (C=O) groups is 1. The van der Waals surface area contributed by atoms with E-state index in [1.807, 2.05) is 38.2 Å². The summed E-state index contributed by atoms with van der Waals surface area (Å²) in [5, 5.41) is 0. The van der Waals surface area contributed by atoms with Crippen LogP contribution < -0.4 is 4.74 Å². The largest absolute Gasteiger partial charge is 0.497 e. The Labute approximate surface area is 137 Å². The van der Waals surface area contributed by atoms with Crippen LogP contribution in [0, 0.1) is 6.92 Å². The molecule has 0 unspecified atom stereocenters. The second kappa shape index (κ2) is 7.81. The monoisotopic (exact) mass is 316 g/mol. The van der Waals surface area contributed by atoms with Gasteiger partial charge < -0.3 is 14.1 Å². The molecule has 0 saturated heterocycles. The number of benzene rings is 1. The van der Waals surface area contributed by atoms with Crippen molar-refractivity contribution in [3.63, 3.8) is 0 Å². The van der Waals surface area contributed by atoms with Crippen molar-refractivity contribution in [2.45, 2.75) is 33.1 Å². The lowest BCUT2D eigenvalue weighted by Crippen LogP contribution is -2.29. The van der Waals surface area contributed by atoms with Crippen LogP contribution in [-0.2, 0) is 11.2 Å². The number of rotatable bonds is 7. The number of hydrogen-bond acceptors (Lipinski definition) is 4. The first kappa shape index (κ1) is 17.1. The molecule has 0 aliphatic carbocycles. The Balaban J connectivity index is 2.13. The molecule has 23 heavy (non-hydrogen) atoms. The smallest absolute Gasteiger partial charge is 0.228 e. The Morgan fingerprint density at radius 2 is 2.17 bits per heavy atom. The summed E-state index contributed by atoms with van der Waals surface area (Å²) >= 11 is 0. The zero-order valence-corrected chi connectivity index (χ0v) is 14.3. The van der Waals surface area contributed by atoms with Gasteiger partial charge in [-0.15, -0.1) is 0 Å². The number of carbonyl (C=O) groups excluding carboxylic acids is 1. The van der Waals surface area contributed by atoms with Gasteiger partial charge in [0, 0.05) is 19.2 Å². The summed E-state index contributed by atoms with van der Waals surface area (Å²) in [5.41, 5.74) is 1.53. The number of likely N-dealkylation sites (N-methyl/N-ethyl adjacent to an activating group) is 1. The Hall–Kier alpha value is -2.30. The van der Waals surface area contributed by atoms with Gasteiger partial charge in [0.2, 0.25) is 11.8 Å². The molecular weight excluding hydrogens is 292 g/mol. The van der Waals surface area contributed by atoms with Gasteiger partial charge in [0.1, 0.15) is 11.5 Å². The maximum Gasteiger partial charge on any atom is 0.228 e. The topological polar surface area (TPSA) is 55.6 Å². The third kappa shape index (κ3) is 4.34. The standard InChI is InChI=1S/C18H24N2O3/c1-5-6-10-20(3)17(21)12-16-13(2)23-18(19-16)14-8-7-9-15(11-14)22-4/h7-9,11H,5-6,10,12H2,1-4H3. The summed E-state index contributed by atoms with van der Waals surface area (Å²) < 4.78 is 10.9. The van der Waals surface area contributed by atoms with E-state index >= 15 is 0 Å². The van der Waals surface area contributed by atoms with E-state index in [0.29, 0.717) is 17.3 Å². The van der Waals surface area contributed by atoms with E-state index in [0.717, 1.165) is 30.7 Å². The van der Waals surface area contributed by atoms with Crippen LogP contribution in [0.2, 0.25) is 0 Å². The van der Waals surface area contributed by atoms with Gasteiger partial charge in [-0.1, -0.05) is 19.4 Å². The van der Waals surface area contributed by atoms with Crippen LogP contribution in [0.1, 0.15) is 31.2 Å². The highest BCUT2D eigenvalue weighted by molar-refractivity contribution is 5.78. The Bertz CT molecular complexity index is 664. The van der Waals surface area contributed by atoms with Crippen LogP contribution in [0.5, 0.6) is 5.75 Å². The van der Waals surface area contributed by atoms with Crippen LogP contribution in [0.25, 0.3) is 11.5 Å². The zero-order valence-electron chi connectivity index (χ0n) is 14.3. The number of amides is 1. The molecule has 0 saturated carbocycles. The number of ether oxygens (including phenoxy) is 1. The SMILES string of the molecule is CCCCN(C)C(=O)Cc1nc(-c2cccc(OC)c2)oc1C. The third-order valence-corrected chi connectivity index (χ3v) is 3.80. The van der Waals surface area contributed by atoms with Gasteiger partial charge in [-0.05, 0) is 31.5 Å². The summed E-state index contributed by atoms with van der Waals surface area (Å²) in [4.78, 5) is 18.5. The van der Waals surface area contributed by atoms with Crippen molar-refractivity contribution in [3.8, 4) is 17.2 Å². The molecular formula is C18H24N2O3. The predicted octanol–water partition coefficient (Wildman–Crippen LogP) is 3.46. The highest BCUT2D eigenvalue weighted by Gasteiger charge is 2.17. The van der Waals surface area contributed by atoms with Gasteiger partial charge in [0.25, 0.3) is 0 Å². The average Bonchev–Trinajstić information content (AvgIpc) is 2.93. The lowest BCUT2D eigenvalue weighted by Gasteiger charge is -2.15. The Morgan fingerprint density at radius 1 is 1.39 bits per heavy atom. The number of nitrogens with zero attached hydrogens (tertiary/aromatic N) is 2. The maximum atomic E-state index is 12.2. The number of hydrogen-bond donors (Lipinski definition) is 0. The molecule has 0 aliphatic rings. The lowest BCUT2D eigenvalue weighted by atomic mass is 10.2. The Morgan fingerprint density at radius 3 is 2.87 bits per heavy atom. The van der Waals surface area contributed by atoms with Crippen molar-refractivity contribution >= 4 is 5.91 Å².